The molecule has 2 atom stereocenters. The summed E-state index contributed by atoms with van der Waals surface area (Å²) in [6.45, 7) is 0.529. The van der Waals surface area contributed by atoms with Crippen LogP contribution in [0.2, 0.25) is 0 Å². The summed E-state index contributed by atoms with van der Waals surface area (Å²) in [4.78, 5) is 22.7. The highest BCUT2D eigenvalue weighted by Gasteiger charge is 2.31. The quantitative estimate of drug-likeness (QED) is 0.607. The normalized spacial score (nSPS) is 19.1. The molecule has 0 aliphatic heterocycles. The van der Waals surface area contributed by atoms with Crippen LogP contribution >= 0.6 is 0 Å². The molecule has 1 amide bonds. The largest absolute Gasteiger partial charge is 0.457 e. The molecule has 1 aliphatic carbocycles. The van der Waals surface area contributed by atoms with Crippen molar-refractivity contribution in [1.82, 2.24) is 0 Å². The van der Waals surface area contributed by atoms with E-state index in [-0.39, 0.29) is 23.4 Å². The molecule has 0 unspecified atom stereocenters. The number of non-ortho nitro benzene ring substituents is 1. The fraction of sp³-hybridized carbons (Fsp3) is 0.316. The average Bonchev–Trinajstić information content (AvgIpc) is 3.11. The number of nitro groups is 1. The van der Waals surface area contributed by atoms with Gasteiger partial charge < -0.3 is 15.8 Å². The predicted octanol–water partition coefficient (Wildman–Crippen LogP) is 3.70. The number of nitrogens with two attached hydrogens (primary N) is 1. The second kappa shape index (κ2) is 7.97. The summed E-state index contributed by atoms with van der Waals surface area (Å²) in [5.41, 5.74) is 6.41. The summed E-state index contributed by atoms with van der Waals surface area (Å²) < 4.78 is 5.71. The van der Waals surface area contributed by atoms with Gasteiger partial charge in [-0.15, -0.1) is 0 Å². The molecule has 0 bridgehead atoms. The van der Waals surface area contributed by atoms with Gasteiger partial charge in [-0.05, 0) is 49.6 Å². The van der Waals surface area contributed by atoms with E-state index in [0.717, 1.165) is 19.3 Å². The molecular weight excluding hydrogens is 334 g/mol. The number of nitrogens with zero attached hydrogens (tertiary/aromatic N) is 1. The lowest BCUT2D eigenvalue weighted by atomic mass is 9.95. The van der Waals surface area contributed by atoms with E-state index in [2.05, 4.69) is 5.32 Å². The molecule has 2 aromatic rings. The SMILES string of the molecule is NC[C@H]1CCC[C@H]1C(=O)Nc1cccc(Oc2ccc([N+](=O)[O-])cc2)c1. The number of carbonyl (C=O) groups is 1. The summed E-state index contributed by atoms with van der Waals surface area (Å²) in [5.74, 6) is 1.22. The molecule has 1 aliphatic rings. The van der Waals surface area contributed by atoms with E-state index < -0.39 is 4.92 Å². The average molecular weight is 355 g/mol. The third-order valence-electron chi connectivity index (χ3n) is 4.68. The third kappa shape index (κ3) is 4.18. The first-order valence-electron chi connectivity index (χ1n) is 8.60. The van der Waals surface area contributed by atoms with Crippen molar-refractivity contribution in [3.05, 3.63) is 58.6 Å². The molecule has 0 saturated heterocycles. The Morgan fingerprint density at radius 1 is 1.19 bits per heavy atom. The van der Waals surface area contributed by atoms with E-state index in [9.17, 15) is 14.9 Å². The lowest BCUT2D eigenvalue weighted by molar-refractivity contribution is -0.384. The van der Waals surface area contributed by atoms with Crippen LogP contribution in [-0.4, -0.2) is 17.4 Å². The molecule has 0 aromatic heterocycles. The van der Waals surface area contributed by atoms with Gasteiger partial charge in [-0.25, -0.2) is 0 Å². The Morgan fingerprint density at radius 3 is 2.65 bits per heavy atom. The van der Waals surface area contributed by atoms with Crippen molar-refractivity contribution in [3.63, 3.8) is 0 Å². The lowest BCUT2D eigenvalue weighted by Gasteiger charge is -2.17. The van der Waals surface area contributed by atoms with Gasteiger partial charge in [0.15, 0.2) is 0 Å². The maximum Gasteiger partial charge on any atom is 0.269 e. The third-order valence-corrected chi connectivity index (χ3v) is 4.68. The van der Waals surface area contributed by atoms with Gasteiger partial charge in [0.05, 0.1) is 4.92 Å². The number of hydrogen-bond acceptors (Lipinski definition) is 5. The van der Waals surface area contributed by atoms with Gasteiger partial charge in [-0.1, -0.05) is 12.5 Å². The highest BCUT2D eigenvalue weighted by atomic mass is 16.6. The van der Waals surface area contributed by atoms with Crippen LogP contribution in [0.4, 0.5) is 11.4 Å². The van der Waals surface area contributed by atoms with Crippen molar-refractivity contribution in [2.45, 2.75) is 19.3 Å². The summed E-state index contributed by atoms with van der Waals surface area (Å²) in [7, 11) is 0. The van der Waals surface area contributed by atoms with E-state index in [1.54, 1.807) is 24.3 Å². The molecule has 1 saturated carbocycles. The summed E-state index contributed by atoms with van der Waals surface area (Å²) in [6, 6.07) is 12.9. The molecule has 1 fully saturated rings. The van der Waals surface area contributed by atoms with Crippen molar-refractivity contribution in [1.29, 1.82) is 0 Å². The minimum absolute atomic E-state index is 0.00406. The molecule has 0 radical (unpaired) electrons. The van der Waals surface area contributed by atoms with Gasteiger partial charge in [0.2, 0.25) is 5.91 Å². The lowest BCUT2D eigenvalue weighted by Crippen LogP contribution is -2.29. The van der Waals surface area contributed by atoms with Crippen molar-refractivity contribution in [2.24, 2.45) is 17.6 Å². The smallest absolute Gasteiger partial charge is 0.269 e. The van der Waals surface area contributed by atoms with Gasteiger partial charge in [-0.2, -0.15) is 0 Å². The number of benzene rings is 2. The summed E-state index contributed by atoms with van der Waals surface area (Å²) >= 11 is 0. The topological polar surface area (TPSA) is 107 Å². The van der Waals surface area contributed by atoms with Crippen LogP contribution in [-0.2, 0) is 4.79 Å². The monoisotopic (exact) mass is 355 g/mol. The van der Waals surface area contributed by atoms with E-state index in [4.69, 9.17) is 10.5 Å². The van der Waals surface area contributed by atoms with Crippen LogP contribution in [0.5, 0.6) is 11.5 Å². The van der Waals surface area contributed by atoms with E-state index in [1.165, 1.54) is 24.3 Å². The number of nitro benzene ring substituents is 1. The van der Waals surface area contributed by atoms with Crippen molar-refractivity contribution >= 4 is 17.3 Å². The standard InChI is InChI=1S/C19H21N3O4/c20-12-13-3-1-6-18(13)19(23)21-14-4-2-5-17(11-14)26-16-9-7-15(8-10-16)22(24)25/h2,4-5,7-11,13,18H,1,3,6,12,20H2,(H,21,23)/t13-,18-/m1/s1. The molecule has 3 rings (SSSR count). The van der Waals surface area contributed by atoms with Crippen LogP contribution in [0.25, 0.3) is 0 Å². The molecule has 136 valence electrons. The number of ether oxygens (including phenoxy) is 1. The molecule has 7 heteroatoms. The first kappa shape index (κ1) is 17.9. The maximum atomic E-state index is 12.5. The van der Waals surface area contributed by atoms with Crippen LogP contribution in [0.1, 0.15) is 19.3 Å². The van der Waals surface area contributed by atoms with Gasteiger partial charge in [0, 0.05) is 29.8 Å². The Bertz CT molecular complexity index is 792. The second-order valence-electron chi connectivity index (χ2n) is 6.40. The molecule has 26 heavy (non-hydrogen) atoms. The van der Waals surface area contributed by atoms with Crippen molar-refractivity contribution in [2.75, 3.05) is 11.9 Å². The van der Waals surface area contributed by atoms with Gasteiger partial charge >= 0.3 is 0 Å². The number of carbonyl (C=O) groups excluding carboxylic acids is 1. The summed E-state index contributed by atoms with van der Waals surface area (Å²) in [6.07, 6.45) is 2.90. The first-order chi connectivity index (χ1) is 12.6. The second-order valence-corrected chi connectivity index (χ2v) is 6.40. The Kier molecular flexibility index (Phi) is 5.48. The molecule has 3 N–H and O–H groups in total. The van der Waals surface area contributed by atoms with Gasteiger partial charge in [0.1, 0.15) is 11.5 Å². The molecule has 2 aromatic carbocycles. The number of amides is 1. The fourth-order valence-corrected chi connectivity index (χ4v) is 3.31. The fourth-order valence-electron chi connectivity index (χ4n) is 3.31. The molecule has 7 nitrogen and oxygen atoms in total. The molecule has 0 heterocycles. The number of rotatable bonds is 6. The number of hydrogen-bond donors (Lipinski definition) is 2. The Labute approximate surface area is 151 Å². The zero-order valence-electron chi connectivity index (χ0n) is 14.3. The van der Waals surface area contributed by atoms with Crippen LogP contribution in [0.3, 0.4) is 0 Å². The minimum atomic E-state index is -0.461. The zero-order chi connectivity index (χ0) is 18.5. The Balaban J connectivity index is 1.66. The maximum absolute atomic E-state index is 12.5. The predicted molar refractivity (Wildman–Crippen MR) is 98.1 cm³/mol. The molecule has 0 spiro atoms. The highest BCUT2D eigenvalue weighted by molar-refractivity contribution is 5.93. The van der Waals surface area contributed by atoms with Crippen LogP contribution < -0.4 is 15.8 Å². The number of anilines is 1. The zero-order valence-corrected chi connectivity index (χ0v) is 14.3. The summed E-state index contributed by atoms with van der Waals surface area (Å²) in [5, 5.41) is 13.6. The van der Waals surface area contributed by atoms with Gasteiger partial charge in [0.25, 0.3) is 5.69 Å². The Morgan fingerprint density at radius 2 is 1.96 bits per heavy atom. The van der Waals surface area contributed by atoms with Crippen molar-refractivity contribution < 1.29 is 14.5 Å². The van der Waals surface area contributed by atoms with E-state index in [0.29, 0.717) is 23.7 Å². The first-order valence-corrected chi connectivity index (χ1v) is 8.60. The van der Waals surface area contributed by atoms with Crippen LogP contribution in [0.15, 0.2) is 48.5 Å². The minimum Gasteiger partial charge on any atom is -0.457 e. The van der Waals surface area contributed by atoms with Crippen molar-refractivity contribution in [3.8, 4) is 11.5 Å². The molecular formula is C19H21N3O4. The Hall–Kier alpha value is -2.93. The van der Waals surface area contributed by atoms with E-state index in [1.807, 2.05) is 0 Å². The highest BCUT2D eigenvalue weighted by Crippen LogP contribution is 2.32. The van der Waals surface area contributed by atoms with Gasteiger partial charge in [-0.3, -0.25) is 14.9 Å². The number of nitrogens with one attached hydrogen (secondary N) is 1. The van der Waals surface area contributed by atoms with Crippen LogP contribution in [0, 0.1) is 22.0 Å². The van der Waals surface area contributed by atoms with E-state index >= 15 is 0 Å².